The molecule has 1 atom stereocenters. The van der Waals surface area contributed by atoms with Crippen LogP contribution in [0.25, 0.3) is 10.9 Å². The number of pyridine rings is 1. The van der Waals surface area contributed by atoms with Gasteiger partial charge < -0.3 is 9.29 Å². The highest BCUT2D eigenvalue weighted by molar-refractivity contribution is 7.86. The molecule has 5 heteroatoms. The van der Waals surface area contributed by atoms with Gasteiger partial charge >= 0.3 is 0 Å². The normalized spacial score (nSPS) is 12.3. The Labute approximate surface area is 151 Å². The molecular weight excluding hydrogens is 332 g/mol. The third-order valence-electron chi connectivity index (χ3n) is 4.46. The first kappa shape index (κ1) is 17.4. The minimum atomic E-state index is -1.33. The van der Waals surface area contributed by atoms with Crippen molar-refractivity contribution in [2.45, 2.75) is 32.1 Å². The van der Waals surface area contributed by atoms with Crippen LogP contribution in [0.15, 0.2) is 52.2 Å². The third-order valence-corrected chi connectivity index (χ3v) is 5.74. The number of hydrogen-bond acceptors (Lipinski definition) is 2. The monoisotopic (exact) mass is 356 g/mol. The lowest BCUT2D eigenvalue weighted by Crippen LogP contribution is -2.19. The average Bonchev–Trinajstić information content (AvgIpc) is 2.59. The van der Waals surface area contributed by atoms with Crippen LogP contribution in [-0.4, -0.2) is 8.78 Å². The van der Waals surface area contributed by atoms with Gasteiger partial charge in [0.25, 0.3) is 5.56 Å². The molecular formula is C20H24N2O2S. The largest absolute Gasteiger partial charge is 0.311 e. The molecule has 0 aliphatic rings. The van der Waals surface area contributed by atoms with E-state index in [0.29, 0.717) is 5.56 Å². The van der Waals surface area contributed by atoms with E-state index in [0.717, 1.165) is 33.5 Å². The molecule has 4 nitrogen and oxygen atoms in total. The molecule has 0 saturated carbocycles. The zero-order valence-corrected chi connectivity index (χ0v) is 15.7. The summed E-state index contributed by atoms with van der Waals surface area (Å²) >= 11 is 0. The van der Waals surface area contributed by atoms with Gasteiger partial charge in [-0.2, -0.15) is 0 Å². The van der Waals surface area contributed by atoms with Crippen LogP contribution in [0, 0.1) is 13.8 Å². The van der Waals surface area contributed by atoms with Crippen LogP contribution in [0.2, 0.25) is 0 Å². The van der Waals surface area contributed by atoms with Gasteiger partial charge in [0.05, 0.1) is 10.4 Å². The third kappa shape index (κ3) is 3.37. The molecule has 1 N–H and O–H groups in total. The Bertz CT molecular complexity index is 1040. The van der Waals surface area contributed by atoms with Crippen molar-refractivity contribution in [3.63, 3.8) is 0 Å². The molecule has 1 aromatic heterocycles. The van der Waals surface area contributed by atoms with E-state index in [1.807, 2.05) is 43.3 Å². The van der Waals surface area contributed by atoms with E-state index in [-0.39, 0.29) is 6.99 Å². The molecule has 0 amide bonds. The Hall–Kier alpha value is -2.40. The molecule has 1 unspecified atom stereocenters. The molecule has 3 aromatic rings. The smallest absolute Gasteiger partial charge is 0.253 e. The molecule has 132 valence electrons. The molecule has 1 heterocycles. The first-order valence-electron chi connectivity index (χ1n) is 8.29. The summed E-state index contributed by atoms with van der Waals surface area (Å²) < 4.78 is 17.4. The van der Waals surface area contributed by atoms with Crippen molar-refractivity contribution >= 4 is 27.6 Å². The van der Waals surface area contributed by atoms with Gasteiger partial charge in [-0.1, -0.05) is 19.1 Å². The van der Waals surface area contributed by atoms with Crippen molar-refractivity contribution < 1.29 is 5.64 Å². The summed E-state index contributed by atoms with van der Waals surface area (Å²) in [6.07, 6.45) is 0.962. The predicted octanol–water partition coefficient (Wildman–Crippen LogP) is 4.10. The van der Waals surface area contributed by atoms with E-state index in [9.17, 15) is 9.00 Å². The summed E-state index contributed by atoms with van der Waals surface area (Å²) in [6, 6.07) is 13.5. The first-order valence-corrected chi connectivity index (χ1v) is 9.44. The Morgan fingerprint density at radius 2 is 1.84 bits per heavy atom. The maximum Gasteiger partial charge on any atom is 0.253 e. The highest BCUT2D eigenvalue weighted by Gasteiger charge is 2.10. The lowest BCUT2D eigenvalue weighted by Gasteiger charge is -2.12. The number of aryl methyl sites for hydroxylation is 4. The molecule has 0 aliphatic heterocycles. The maximum atomic E-state index is 12.7. The first-order chi connectivity index (χ1) is 11.9. The lowest BCUT2D eigenvalue weighted by atomic mass is 10.1. The van der Waals surface area contributed by atoms with Gasteiger partial charge in [-0.05, 0) is 61.7 Å². The van der Waals surface area contributed by atoms with Crippen molar-refractivity contribution in [2.24, 2.45) is 7.05 Å². The topological polar surface area (TPSA) is 51.1 Å². The molecule has 0 aliphatic carbocycles. The van der Waals surface area contributed by atoms with E-state index >= 15 is 0 Å². The van der Waals surface area contributed by atoms with Crippen LogP contribution in [0.1, 0.15) is 25.0 Å². The van der Waals surface area contributed by atoms with Crippen molar-refractivity contribution in [3.05, 3.63) is 69.5 Å². The molecule has 0 saturated heterocycles. The van der Waals surface area contributed by atoms with Crippen molar-refractivity contribution in [2.75, 3.05) is 4.72 Å². The quantitative estimate of drug-likeness (QED) is 0.765. The van der Waals surface area contributed by atoms with Crippen molar-refractivity contribution in [1.82, 2.24) is 4.57 Å². The molecule has 0 fully saturated rings. The summed E-state index contributed by atoms with van der Waals surface area (Å²) in [5.41, 5.74) is 4.57. The Morgan fingerprint density at radius 1 is 1.08 bits per heavy atom. The van der Waals surface area contributed by atoms with Crippen LogP contribution in [0.5, 0.6) is 0 Å². The van der Waals surface area contributed by atoms with E-state index in [1.165, 1.54) is 5.56 Å². The Kier molecular flexibility index (Phi) is 4.77. The fourth-order valence-electron chi connectivity index (χ4n) is 3.01. The SMILES string of the molecule is CCc1ccc(S(=O)Nc2ccc3c(c2)cc(C)c(=O)n3C)c(C)c1.[HH]. The minimum Gasteiger partial charge on any atom is -0.311 e. The van der Waals surface area contributed by atoms with Crippen molar-refractivity contribution in [3.8, 4) is 0 Å². The van der Waals surface area contributed by atoms with E-state index in [1.54, 1.807) is 18.5 Å². The Balaban J connectivity index is 0.00000243. The van der Waals surface area contributed by atoms with Crippen LogP contribution < -0.4 is 10.3 Å². The second-order valence-electron chi connectivity index (χ2n) is 6.29. The second-order valence-corrected chi connectivity index (χ2v) is 7.47. The summed E-state index contributed by atoms with van der Waals surface area (Å²) in [5.74, 6) is 0. The van der Waals surface area contributed by atoms with Crippen LogP contribution >= 0.6 is 0 Å². The standard InChI is InChI=1S/C20H22N2O2S.H2/c1-5-15-6-9-19(13(2)10-15)25(24)21-17-7-8-18-16(12-17)11-14(3)20(23)22(18)4;/h6-12,21H,5H2,1-4H3;1H. The number of hydrogen-bond donors (Lipinski definition) is 1. The number of nitrogens with one attached hydrogen (secondary N) is 1. The number of fused-ring (bicyclic) bond motifs is 1. The average molecular weight is 356 g/mol. The summed E-state index contributed by atoms with van der Waals surface area (Å²) in [6.45, 7) is 5.89. The number of nitrogens with zero attached hydrogens (tertiary/aromatic N) is 1. The number of rotatable bonds is 4. The molecule has 2 aromatic carbocycles. The highest BCUT2D eigenvalue weighted by Crippen LogP contribution is 2.22. The maximum absolute atomic E-state index is 12.7. The fourth-order valence-corrected chi connectivity index (χ4v) is 4.00. The van der Waals surface area contributed by atoms with Crippen LogP contribution in [0.3, 0.4) is 0 Å². The Morgan fingerprint density at radius 3 is 2.52 bits per heavy atom. The molecule has 0 bridgehead atoms. The van der Waals surface area contributed by atoms with Crippen LogP contribution in [-0.2, 0) is 24.5 Å². The van der Waals surface area contributed by atoms with Gasteiger partial charge in [-0.15, -0.1) is 0 Å². The number of aromatic nitrogens is 1. The zero-order chi connectivity index (χ0) is 18.1. The molecule has 25 heavy (non-hydrogen) atoms. The predicted molar refractivity (Wildman–Crippen MR) is 107 cm³/mol. The van der Waals surface area contributed by atoms with Crippen LogP contribution in [0.4, 0.5) is 5.69 Å². The van der Waals surface area contributed by atoms with Gasteiger partial charge in [0.2, 0.25) is 0 Å². The van der Waals surface area contributed by atoms with Gasteiger partial charge in [-0.25, -0.2) is 4.21 Å². The zero-order valence-electron chi connectivity index (χ0n) is 14.9. The lowest BCUT2D eigenvalue weighted by molar-refractivity contribution is 0.686. The fraction of sp³-hybridized carbons (Fsp3) is 0.250. The summed E-state index contributed by atoms with van der Waals surface area (Å²) in [5, 5.41) is 0.944. The van der Waals surface area contributed by atoms with Gasteiger partial charge in [0, 0.05) is 25.1 Å². The number of anilines is 1. The van der Waals surface area contributed by atoms with E-state index in [2.05, 4.69) is 17.7 Å². The molecule has 0 spiro atoms. The van der Waals surface area contributed by atoms with E-state index < -0.39 is 11.0 Å². The van der Waals surface area contributed by atoms with E-state index in [4.69, 9.17) is 0 Å². The number of benzene rings is 2. The highest BCUT2D eigenvalue weighted by atomic mass is 32.2. The minimum absolute atomic E-state index is 0. The second kappa shape index (κ2) is 6.84. The molecule has 0 radical (unpaired) electrons. The van der Waals surface area contributed by atoms with Crippen molar-refractivity contribution in [1.29, 1.82) is 0 Å². The van der Waals surface area contributed by atoms with Gasteiger partial charge in [-0.3, -0.25) is 4.79 Å². The van der Waals surface area contributed by atoms with Gasteiger partial charge in [0.15, 0.2) is 11.0 Å². The molecule has 3 rings (SSSR count). The summed E-state index contributed by atoms with van der Waals surface area (Å²) in [4.78, 5) is 12.8. The van der Waals surface area contributed by atoms with Gasteiger partial charge in [0.1, 0.15) is 0 Å². The summed E-state index contributed by atoms with van der Waals surface area (Å²) in [7, 11) is 0.433.